The van der Waals surface area contributed by atoms with Gasteiger partial charge in [0.05, 0.1) is 0 Å². The Morgan fingerprint density at radius 1 is 1.42 bits per heavy atom. The molecular weight excluding hydrogens is 244 g/mol. The second-order valence-electron chi connectivity index (χ2n) is 5.13. The molecule has 0 aromatic carbocycles. The number of carbonyl (C=O) groups is 1. The molecule has 0 saturated heterocycles. The molecule has 2 rings (SSSR count). The molecule has 0 aliphatic heterocycles. The quantitative estimate of drug-likeness (QED) is 0.775. The van der Waals surface area contributed by atoms with Crippen molar-refractivity contribution < 1.29 is 15.0 Å². The first kappa shape index (κ1) is 13.8. The van der Waals surface area contributed by atoms with Crippen molar-refractivity contribution in [1.82, 2.24) is 4.98 Å². The van der Waals surface area contributed by atoms with Crippen LogP contribution in [0.1, 0.15) is 41.7 Å². The number of nitrogens with zero attached hydrogens (tertiary/aromatic N) is 1. The highest BCUT2D eigenvalue weighted by atomic mass is 16.4. The summed E-state index contributed by atoms with van der Waals surface area (Å²) in [6, 6.07) is 3.37. The molecule has 1 saturated carbocycles. The van der Waals surface area contributed by atoms with Crippen molar-refractivity contribution in [2.45, 2.75) is 38.6 Å². The Morgan fingerprint density at radius 2 is 2.16 bits per heavy atom. The van der Waals surface area contributed by atoms with E-state index >= 15 is 0 Å². The SMILES string of the molecule is Cc1ccc(C(=O)O)c(NC2CCCCC2CO)n1. The molecule has 1 heterocycles. The van der Waals surface area contributed by atoms with E-state index in [0.717, 1.165) is 31.4 Å². The van der Waals surface area contributed by atoms with E-state index in [1.54, 1.807) is 12.1 Å². The smallest absolute Gasteiger partial charge is 0.339 e. The lowest BCUT2D eigenvalue weighted by Crippen LogP contribution is -2.35. The van der Waals surface area contributed by atoms with Crippen LogP contribution < -0.4 is 5.32 Å². The number of hydrogen-bond acceptors (Lipinski definition) is 4. The number of aromatic carboxylic acids is 1. The second-order valence-corrected chi connectivity index (χ2v) is 5.13. The van der Waals surface area contributed by atoms with Gasteiger partial charge in [0.15, 0.2) is 0 Å². The number of hydrogen-bond donors (Lipinski definition) is 3. The number of nitrogens with one attached hydrogen (secondary N) is 1. The Kier molecular flexibility index (Phi) is 4.37. The molecule has 3 N–H and O–H groups in total. The highest BCUT2D eigenvalue weighted by Crippen LogP contribution is 2.27. The van der Waals surface area contributed by atoms with Gasteiger partial charge in [-0.1, -0.05) is 12.8 Å². The Morgan fingerprint density at radius 3 is 2.84 bits per heavy atom. The predicted molar refractivity (Wildman–Crippen MR) is 72.4 cm³/mol. The minimum atomic E-state index is -0.980. The fraction of sp³-hybridized carbons (Fsp3) is 0.571. The van der Waals surface area contributed by atoms with Crippen LogP contribution in [-0.2, 0) is 0 Å². The first-order valence-corrected chi connectivity index (χ1v) is 6.70. The number of carboxylic acids is 1. The van der Waals surface area contributed by atoms with E-state index in [4.69, 9.17) is 0 Å². The zero-order valence-corrected chi connectivity index (χ0v) is 11.1. The van der Waals surface area contributed by atoms with Crippen molar-refractivity contribution in [3.8, 4) is 0 Å². The average Bonchev–Trinajstić information content (AvgIpc) is 2.39. The number of aryl methyl sites for hydroxylation is 1. The van der Waals surface area contributed by atoms with Gasteiger partial charge in [-0.2, -0.15) is 0 Å². The number of aromatic nitrogens is 1. The van der Waals surface area contributed by atoms with Crippen LogP contribution in [-0.4, -0.2) is 33.8 Å². The van der Waals surface area contributed by atoms with Crippen LogP contribution in [0, 0.1) is 12.8 Å². The molecule has 5 nitrogen and oxygen atoms in total. The monoisotopic (exact) mass is 264 g/mol. The molecule has 19 heavy (non-hydrogen) atoms. The summed E-state index contributed by atoms with van der Waals surface area (Å²) < 4.78 is 0. The highest BCUT2D eigenvalue weighted by molar-refractivity contribution is 5.93. The van der Waals surface area contributed by atoms with Gasteiger partial charge in [-0.25, -0.2) is 9.78 Å². The van der Waals surface area contributed by atoms with Crippen LogP contribution in [0.5, 0.6) is 0 Å². The maximum Gasteiger partial charge on any atom is 0.339 e. The van der Waals surface area contributed by atoms with Gasteiger partial charge in [-0.15, -0.1) is 0 Å². The Balaban J connectivity index is 2.21. The van der Waals surface area contributed by atoms with Gasteiger partial charge < -0.3 is 15.5 Å². The molecule has 1 aromatic heterocycles. The zero-order chi connectivity index (χ0) is 13.8. The maximum absolute atomic E-state index is 11.2. The fourth-order valence-corrected chi connectivity index (χ4v) is 2.63. The molecule has 0 bridgehead atoms. The van der Waals surface area contributed by atoms with E-state index in [1.807, 2.05) is 6.92 Å². The molecule has 1 aromatic rings. The summed E-state index contributed by atoms with van der Waals surface area (Å²) in [5.74, 6) is -0.387. The summed E-state index contributed by atoms with van der Waals surface area (Å²) >= 11 is 0. The van der Waals surface area contributed by atoms with Gasteiger partial charge in [-0.3, -0.25) is 0 Å². The number of aliphatic hydroxyl groups excluding tert-OH is 1. The van der Waals surface area contributed by atoms with Crippen LogP contribution in [0.2, 0.25) is 0 Å². The van der Waals surface area contributed by atoms with Crippen LogP contribution in [0.15, 0.2) is 12.1 Å². The highest BCUT2D eigenvalue weighted by Gasteiger charge is 2.26. The second kappa shape index (κ2) is 6.02. The van der Waals surface area contributed by atoms with Crippen molar-refractivity contribution in [3.05, 3.63) is 23.4 Å². The fourth-order valence-electron chi connectivity index (χ4n) is 2.63. The third kappa shape index (κ3) is 3.23. The molecule has 1 fully saturated rings. The number of anilines is 1. The molecule has 2 atom stereocenters. The van der Waals surface area contributed by atoms with Gasteiger partial charge in [0.1, 0.15) is 11.4 Å². The number of rotatable bonds is 4. The number of aliphatic hydroxyl groups is 1. The van der Waals surface area contributed by atoms with E-state index in [0.29, 0.717) is 5.82 Å². The molecule has 0 radical (unpaired) electrons. The Hall–Kier alpha value is -1.62. The van der Waals surface area contributed by atoms with Crippen LogP contribution in [0.3, 0.4) is 0 Å². The Labute approximate surface area is 112 Å². The van der Waals surface area contributed by atoms with Gasteiger partial charge >= 0.3 is 5.97 Å². The summed E-state index contributed by atoms with van der Waals surface area (Å²) in [4.78, 5) is 15.5. The van der Waals surface area contributed by atoms with Gasteiger partial charge in [0, 0.05) is 24.3 Å². The molecule has 5 heteroatoms. The van der Waals surface area contributed by atoms with Crippen molar-refractivity contribution >= 4 is 11.8 Å². The maximum atomic E-state index is 11.2. The lowest BCUT2D eigenvalue weighted by molar-refractivity contribution is 0.0697. The third-order valence-corrected chi connectivity index (χ3v) is 3.73. The third-order valence-electron chi connectivity index (χ3n) is 3.73. The topological polar surface area (TPSA) is 82.5 Å². The van der Waals surface area contributed by atoms with Crippen molar-refractivity contribution in [2.75, 3.05) is 11.9 Å². The minimum Gasteiger partial charge on any atom is -0.478 e. The number of pyridine rings is 1. The molecule has 1 aliphatic rings. The normalized spacial score (nSPS) is 23.1. The van der Waals surface area contributed by atoms with Crippen molar-refractivity contribution in [3.63, 3.8) is 0 Å². The van der Waals surface area contributed by atoms with E-state index in [-0.39, 0.29) is 24.1 Å². The van der Waals surface area contributed by atoms with E-state index in [2.05, 4.69) is 10.3 Å². The molecule has 0 spiro atoms. The van der Waals surface area contributed by atoms with Crippen LogP contribution >= 0.6 is 0 Å². The average molecular weight is 264 g/mol. The molecule has 2 unspecified atom stereocenters. The minimum absolute atomic E-state index is 0.103. The lowest BCUT2D eigenvalue weighted by atomic mass is 9.85. The van der Waals surface area contributed by atoms with E-state index < -0.39 is 5.97 Å². The molecular formula is C14H20N2O3. The first-order valence-electron chi connectivity index (χ1n) is 6.70. The van der Waals surface area contributed by atoms with Crippen LogP contribution in [0.4, 0.5) is 5.82 Å². The van der Waals surface area contributed by atoms with Gasteiger partial charge in [-0.05, 0) is 31.9 Å². The van der Waals surface area contributed by atoms with Gasteiger partial charge in [0.2, 0.25) is 0 Å². The standard InChI is InChI=1S/C14H20N2O3/c1-9-6-7-11(14(18)19)13(15-9)16-12-5-3-2-4-10(12)8-17/h6-7,10,12,17H,2-5,8H2,1H3,(H,15,16)(H,18,19). The Bertz CT molecular complexity index is 462. The molecule has 1 aliphatic carbocycles. The number of carboxylic acid groups (broad SMARTS) is 1. The van der Waals surface area contributed by atoms with Crippen molar-refractivity contribution in [2.24, 2.45) is 5.92 Å². The van der Waals surface area contributed by atoms with E-state index in [9.17, 15) is 15.0 Å². The lowest BCUT2D eigenvalue weighted by Gasteiger charge is -2.31. The van der Waals surface area contributed by atoms with E-state index in [1.165, 1.54) is 0 Å². The molecule has 104 valence electrons. The zero-order valence-electron chi connectivity index (χ0n) is 11.1. The predicted octanol–water partition coefficient (Wildman–Crippen LogP) is 2.05. The van der Waals surface area contributed by atoms with Gasteiger partial charge in [0.25, 0.3) is 0 Å². The summed E-state index contributed by atoms with van der Waals surface area (Å²) in [5.41, 5.74) is 0.969. The first-order chi connectivity index (χ1) is 9.11. The summed E-state index contributed by atoms with van der Waals surface area (Å²) in [5, 5.41) is 21.8. The summed E-state index contributed by atoms with van der Waals surface area (Å²) in [6.07, 6.45) is 4.14. The van der Waals surface area contributed by atoms with Crippen molar-refractivity contribution in [1.29, 1.82) is 0 Å². The molecule has 0 amide bonds. The summed E-state index contributed by atoms with van der Waals surface area (Å²) in [6.45, 7) is 1.97. The largest absolute Gasteiger partial charge is 0.478 e. The van der Waals surface area contributed by atoms with Crippen LogP contribution in [0.25, 0.3) is 0 Å². The summed E-state index contributed by atoms with van der Waals surface area (Å²) in [7, 11) is 0.